The summed E-state index contributed by atoms with van der Waals surface area (Å²) in [5, 5.41) is 12.7. The van der Waals surface area contributed by atoms with Crippen molar-refractivity contribution in [1.29, 1.82) is 0 Å². The standard InChI is InChI=1S/C16H19ClFNOS/c17-15-9-11(18)6-7-13(15)14(10-19)16(20)5-1-3-12-4-2-8-21-12/h2,4,6-9,14,16,20H,1,3,5,10,19H2. The highest BCUT2D eigenvalue weighted by molar-refractivity contribution is 7.09. The topological polar surface area (TPSA) is 46.2 Å². The van der Waals surface area contributed by atoms with E-state index < -0.39 is 6.10 Å². The molecule has 0 saturated carbocycles. The number of aryl methyl sites for hydroxylation is 1. The van der Waals surface area contributed by atoms with Crippen LogP contribution >= 0.6 is 22.9 Å². The Labute approximate surface area is 133 Å². The van der Waals surface area contributed by atoms with E-state index in [-0.39, 0.29) is 18.3 Å². The van der Waals surface area contributed by atoms with Gasteiger partial charge >= 0.3 is 0 Å². The predicted octanol–water partition coefficient (Wildman–Crippen LogP) is 3.97. The van der Waals surface area contributed by atoms with Gasteiger partial charge in [0.25, 0.3) is 0 Å². The second-order valence-corrected chi connectivity index (χ2v) is 6.49. The molecule has 0 bridgehead atoms. The third-order valence-corrected chi connectivity index (χ3v) is 4.85. The lowest BCUT2D eigenvalue weighted by Gasteiger charge is -2.23. The fourth-order valence-corrected chi connectivity index (χ4v) is 3.49. The molecule has 0 spiro atoms. The van der Waals surface area contributed by atoms with Crippen LogP contribution in [0.15, 0.2) is 35.7 Å². The molecule has 0 radical (unpaired) electrons. The first-order chi connectivity index (χ1) is 10.1. The van der Waals surface area contributed by atoms with Crippen molar-refractivity contribution < 1.29 is 9.50 Å². The van der Waals surface area contributed by atoms with Crippen molar-refractivity contribution in [3.63, 3.8) is 0 Å². The summed E-state index contributed by atoms with van der Waals surface area (Å²) in [5.41, 5.74) is 6.48. The monoisotopic (exact) mass is 327 g/mol. The Kier molecular flexibility index (Phi) is 6.18. The average Bonchev–Trinajstić information content (AvgIpc) is 2.95. The van der Waals surface area contributed by atoms with Gasteiger partial charge in [-0.2, -0.15) is 0 Å². The van der Waals surface area contributed by atoms with E-state index >= 15 is 0 Å². The number of thiophene rings is 1. The summed E-state index contributed by atoms with van der Waals surface area (Å²) in [6.45, 7) is 0.283. The van der Waals surface area contributed by atoms with Gasteiger partial charge in [0, 0.05) is 22.4 Å². The smallest absolute Gasteiger partial charge is 0.124 e. The number of nitrogens with two attached hydrogens (primary N) is 1. The van der Waals surface area contributed by atoms with Crippen LogP contribution in [0.5, 0.6) is 0 Å². The molecule has 114 valence electrons. The van der Waals surface area contributed by atoms with Crippen molar-refractivity contribution in [3.8, 4) is 0 Å². The van der Waals surface area contributed by atoms with Gasteiger partial charge in [-0.1, -0.05) is 23.7 Å². The Morgan fingerprint density at radius 3 is 2.76 bits per heavy atom. The van der Waals surface area contributed by atoms with Crippen LogP contribution in [-0.2, 0) is 6.42 Å². The molecule has 2 rings (SSSR count). The van der Waals surface area contributed by atoms with Gasteiger partial charge in [-0.3, -0.25) is 0 Å². The van der Waals surface area contributed by atoms with Crippen LogP contribution < -0.4 is 5.73 Å². The minimum absolute atomic E-state index is 0.263. The van der Waals surface area contributed by atoms with Crippen LogP contribution in [0.25, 0.3) is 0 Å². The van der Waals surface area contributed by atoms with Crippen LogP contribution in [0.4, 0.5) is 4.39 Å². The van der Waals surface area contributed by atoms with Crippen molar-refractivity contribution in [1.82, 2.24) is 0 Å². The quantitative estimate of drug-likeness (QED) is 0.808. The van der Waals surface area contributed by atoms with Gasteiger partial charge in [-0.25, -0.2) is 4.39 Å². The fraction of sp³-hybridized carbons (Fsp3) is 0.375. The van der Waals surface area contributed by atoms with Gasteiger partial charge in [0.1, 0.15) is 5.82 Å². The maximum atomic E-state index is 13.1. The van der Waals surface area contributed by atoms with Gasteiger partial charge in [-0.15, -0.1) is 11.3 Å². The molecule has 2 nitrogen and oxygen atoms in total. The number of hydrogen-bond donors (Lipinski definition) is 2. The Hall–Kier alpha value is -0.940. The van der Waals surface area contributed by atoms with Crippen LogP contribution in [0, 0.1) is 5.82 Å². The van der Waals surface area contributed by atoms with Gasteiger partial charge in [-0.05, 0) is 48.4 Å². The summed E-state index contributed by atoms with van der Waals surface area (Å²) >= 11 is 7.78. The van der Waals surface area contributed by atoms with E-state index in [1.165, 1.54) is 17.0 Å². The zero-order chi connectivity index (χ0) is 15.2. The van der Waals surface area contributed by atoms with Crippen LogP contribution in [0.2, 0.25) is 5.02 Å². The maximum Gasteiger partial charge on any atom is 0.124 e. The first-order valence-electron chi connectivity index (χ1n) is 6.97. The number of halogens is 2. The predicted molar refractivity (Wildman–Crippen MR) is 86.5 cm³/mol. The van der Waals surface area contributed by atoms with Crippen molar-refractivity contribution in [2.45, 2.75) is 31.3 Å². The molecule has 0 aliphatic rings. The molecule has 2 aromatic rings. The first kappa shape index (κ1) is 16.4. The third-order valence-electron chi connectivity index (χ3n) is 3.58. The van der Waals surface area contributed by atoms with E-state index in [1.54, 1.807) is 17.4 Å². The minimum atomic E-state index is -0.571. The number of rotatable bonds is 7. The third kappa shape index (κ3) is 4.51. The summed E-state index contributed by atoms with van der Waals surface area (Å²) in [4.78, 5) is 1.31. The lowest BCUT2D eigenvalue weighted by atomic mass is 9.90. The average molecular weight is 328 g/mol. The number of aliphatic hydroxyl groups excluding tert-OH is 1. The highest BCUT2D eigenvalue weighted by Crippen LogP contribution is 2.29. The van der Waals surface area contributed by atoms with E-state index in [0.717, 1.165) is 12.8 Å². The summed E-state index contributed by atoms with van der Waals surface area (Å²) in [6, 6.07) is 8.34. The van der Waals surface area contributed by atoms with E-state index in [1.807, 2.05) is 11.4 Å². The second kappa shape index (κ2) is 7.90. The molecule has 0 fully saturated rings. The highest BCUT2D eigenvalue weighted by atomic mass is 35.5. The van der Waals surface area contributed by atoms with E-state index in [9.17, 15) is 9.50 Å². The van der Waals surface area contributed by atoms with Crippen LogP contribution in [0.1, 0.15) is 29.2 Å². The summed E-state index contributed by atoms with van der Waals surface area (Å²) < 4.78 is 13.1. The molecule has 3 N–H and O–H groups in total. The Bertz CT molecular complexity index is 561. The van der Waals surface area contributed by atoms with E-state index in [4.69, 9.17) is 17.3 Å². The molecule has 1 aromatic heterocycles. The van der Waals surface area contributed by atoms with Crippen molar-refractivity contribution in [2.75, 3.05) is 6.54 Å². The second-order valence-electron chi connectivity index (χ2n) is 5.05. The van der Waals surface area contributed by atoms with Gasteiger partial charge in [0.2, 0.25) is 0 Å². The molecular weight excluding hydrogens is 309 g/mol. The van der Waals surface area contributed by atoms with Crippen molar-refractivity contribution >= 4 is 22.9 Å². The SMILES string of the molecule is NCC(c1ccc(F)cc1Cl)C(O)CCCc1cccs1. The first-order valence-corrected chi connectivity index (χ1v) is 8.23. The molecule has 0 aliphatic heterocycles. The van der Waals surface area contributed by atoms with Crippen LogP contribution in [0.3, 0.4) is 0 Å². The van der Waals surface area contributed by atoms with Gasteiger partial charge in [0.15, 0.2) is 0 Å². The molecule has 2 atom stereocenters. The van der Waals surface area contributed by atoms with Gasteiger partial charge in [0.05, 0.1) is 6.10 Å². The summed E-state index contributed by atoms with van der Waals surface area (Å²) in [6.07, 6.45) is 1.91. The number of benzene rings is 1. The molecule has 1 aromatic carbocycles. The zero-order valence-corrected chi connectivity index (χ0v) is 13.2. The number of hydrogen-bond acceptors (Lipinski definition) is 3. The molecule has 0 saturated heterocycles. The minimum Gasteiger partial charge on any atom is -0.392 e. The molecule has 1 heterocycles. The van der Waals surface area contributed by atoms with Gasteiger partial charge < -0.3 is 10.8 Å². The molecule has 0 amide bonds. The molecule has 0 aliphatic carbocycles. The molecule has 2 unspecified atom stereocenters. The largest absolute Gasteiger partial charge is 0.392 e. The summed E-state index contributed by atoms with van der Waals surface area (Å²) in [7, 11) is 0. The Morgan fingerprint density at radius 1 is 1.33 bits per heavy atom. The lowest BCUT2D eigenvalue weighted by molar-refractivity contribution is 0.133. The molecular formula is C16H19ClFNOS. The maximum absolute atomic E-state index is 13.1. The zero-order valence-electron chi connectivity index (χ0n) is 11.6. The van der Waals surface area contributed by atoms with Crippen molar-refractivity contribution in [3.05, 3.63) is 57.0 Å². The van der Waals surface area contributed by atoms with Crippen LogP contribution in [-0.4, -0.2) is 17.8 Å². The van der Waals surface area contributed by atoms with Crippen molar-refractivity contribution in [2.24, 2.45) is 5.73 Å². The van der Waals surface area contributed by atoms with E-state index in [2.05, 4.69) is 6.07 Å². The molecule has 5 heteroatoms. The fourth-order valence-electron chi connectivity index (χ4n) is 2.43. The summed E-state index contributed by atoms with van der Waals surface area (Å²) in [5.74, 6) is -0.645. The molecule has 21 heavy (non-hydrogen) atoms. The highest BCUT2D eigenvalue weighted by Gasteiger charge is 2.22. The normalized spacial score (nSPS) is 14.1. The van der Waals surface area contributed by atoms with E-state index in [0.29, 0.717) is 17.0 Å². The Balaban J connectivity index is 1.96. The lowest BCUT2D eigenvalue weighted by Crippen LogP contribution is -2.26. The Morgan fingerprint density at radius 2 is 2.14 bits per heavy atom. The number of aliphatic hydroxyl groups is 1.